The number of hydrogen-bond donors (Lipinski definition) is 1. The van der Waals surface area contributed by atoms with Gasteiger partial charge in [0.05, 0.1) is 13.5 Å². The molecule has 142 valence electrons. The highest BCUT2D eigenvalue weighted by molar-refractivity contribution is 6.01. The Kier molecular flexibility index (Phi) is 5.79. The molecule has 2 aromatic rings. The number of amides is 2. The van der Waals surface area contributed by atoms with Crippen molar-refractivity contribution in [3.63, 3.8) is 0 Å². The van der Waals surface area contributed by atoms with E-state index in [2.05, 4.69) is 11.4 Å². The minimum absolute atomic E-state index is 0.00470. The molecule has 0 saturated carbocycles. The number of para-hydroxylation sites is 1. The van der Waals surface area contributed by atoms with E-state index in [1.165, 1.54) is 5.56 Å². The van der Waals surface area contributed by atoms with Crippen LogP contribution in [0.1, 0.15) is 25.0 Å². The van der Waals surface area contributed by atoms with Crippen LogP contribution in [0.3, 0.4) is 0 Å². The summed E-state index contributed by atoms with van der Waals surface area (Å²) in [5.74, 6) is 0.560. The summed E-state index contributed by atoms with van der Waals surface area (Å²) in [6.07, 6.45) is 1.09. The third-order valence-electron chi connectivity index (χ3n) is 4.93. The maximum Gasteiger partial charge on any atom is 0.249 e. The van der Waals surface area contributed by atoms with Crippen LogP contribution in [-0.2, 0) is 22.4 Å². The van der Waals surface area contributed by atoms with Crippen LogP contribution < -0.4 is 15.0 Å². The van der Waals surface area contributed by atoms with Crippen LogP contribution in [-0.4, -0.2) is 31.5 Å². The molecule has 0 radical (unpaired) electrons. The summed E-state index contributed by atoms with van der Waals surface area (Å²) in [4.78, 5) is 27.4. The van der Waals surface area contributed by atoms with E-state index in [-0.39, 0.29) is 24.2 Å². The molecule has 0 spiro atoms. The lowest BCUT2D eigenvalue weighted by Crippen LogP contribution is -2.51. The monoisotopic (exact) mass is 366 g/mol. The molecular formula is C22H26N2O3. The molecule has 0 aliphatic carbocycles. The van der Waals surface area contributed by atoms with Crippen LogP contribution in [0.15, 0.2) is 48.5 Å². The van der Waals surface area contributed by atoms with E-state index in [1.807, 2.05) is 56.3 Å². The van der Waals surface area contributed by atoms with Gasteiger partial charge in [0.2, 0.25) is 11.8 Å². The molecule has 5 heteroatoms. The van der Waals surface area contributed by atoms with Crippen molar-refractivity contribution in [1.29, 1.82) is 0 Å². The third kappa shape index (κ3) is 4.30. The minimum atomic E-state index is -0.540. The van der Waals surface area contributed by atoms with Crippen LogP contribution in [0.5, 0.6) is 5.75 Å². The van der Waals surface area contributed by atoms with E-state index < -0.39 is 6.04 Å². The van der Waals surface area contributed by atoms with Crippen LogP contribution in [0.25, 0.3) is 0 Å². The first-order chi connectivity index (χ1) is 13.0. The van der Waals surface area contributed by atoms with E-state index in [0.29, 0.717) is 6.54 Å². The second-order valence-corrected chi connectivity index (χ2v) is 7.18. The number of anilines is 1. The van der Waals surface area contributed by atoms with E-state index in [9.17, 15) is 9.59 Å². The first-order valence-corrected chi connectivity index (χ1v) is 9.31. The molecule has 0 saturated heterocycles. The lowest BCUT2D eigenvalue weighted by atomic mass is 10.0. The number of hydrogen-bond acceptors (Lipinski definition) is 3. The van der Waals surface area contributed by atoms with Crippen LogP contribution in [0, 0.1) is 5.92 Å². The van der Waals surface area contributed by atoms with Crippen molar-refractivity contribution in [2.75, 3.05) is 18.6 Å². The second-order valence-electron chi connectivity index (χ2n) is 7.18. The fourth-order valence-corrected chi connectivity index (χ4v) is 3.40. The largest absolute Gasteiger partial charge is 0.497 e. The number of nitrogens with one attached hydrogen (secondary N) is 1. The maximum atomic E-state index is 13.1. The zero-order valence-electron chi connectivity index (χ0n) is 16.1. The normalized spacial score (nSPS) is 14.0. The minimum Gasteiger partial charge on any atom is -0.497 e. The molecule has 1 aliphatic heterocycles. The molecule has 3 rings (SSSR count). The molecule has 0 unspecified atom stereocenters. The van der Waals surface area contributed by atoms with Gasteiger partial charge < -0.3 is 15.0 Å². The number of benzene rings is 2. The van der Waals surface area contributed by atoms with Gasteiger partial charge in [-0.15, -0.1) is 0 Å². The van der Waals surface area contributed by atoms with Gasteiger partial charge in [0.15, 0.2) is 0 Å². The van der Waals surface area contributed by atoms with Crippen LogP contribution >= 0.6 is 0 Å². The maximum absolute atomic E-state index is 13.1. The SMILES string of the molecule is COc1ccc(CC(=O)N[C@@H](C(=O)N2CCc3ccccc32)C(C)C)cc1. The van der Waals surface area contributed by atoms with Gasteiger partial charge in [0.1, 0.15) is 11.8 Å². The summed E-state index contributed by atoms with van der Waals surface area (Å²) < 4.78 is 5.14. The van der Waals surface area contributed by atoms with Gasteiger partial charge in [0, 0.05) is 12.2 Å². The highest BCUT2D eigenvalue weighted by atomic mass is 16.5. The molecule has 1 atom stereocenters. The zero-order valence-corrected chi connectivity index (χ0v) is 16.1. The van der Waals surface area contributed by atoms with E-state index >= 15 is 0 Å². The van der Waals surface area contributed by atoms with Crippen molar-refractivity contribution in [2.24, 2.45) is 5.92 Å². The van der Waals surface area contributed by atoms with Crippen molar-refractivity contribution in [2.45, 2.75) is 32.7 Å². The van der Waals surface area contributed by atoms with Gasteiger partial charge >= 0.3 is 0 Å². The molecule has 1 aliphatic rings. The summed E-state index contributed by atoms with van der Waals surface area (Å²) in [6.45, 7) is 4.58. The van der Waals surface area contributed by atoms with Gasteiger partial charge in [-0.1, -0.05) is 44.2 Å². The fraction of sp³-hybridized carbons (Fsp3) is 0.364. The van der Waals surface area contributed by atoms with Crippen molar-refractivity contribution < 1.29 is 14.3 Å². The Bertz CT molecular complexity index is 815. The number of ether oxygens (including phenoxy) is 1. The number of fused-ring (bicyclic) bond motifs is 1. The van der Waals surface area contributed by atoms with Gasteiger partial charge in [-0.05, 0) is 41.7 Å². The molecule has 5 nitrogen and oxygen atoms in total. The summed E-state index contributed by atoms with van der Waals surface area (Å²) >= 11 is 0. The highest BCUT2D eigenvalue weighted by Gasteiger charge is 2.32. The quantitative estimate of drug-likeness (QED) is 0.855. The Morgan fingerprint density at radius 2 is 1.81 bits per heavy atom. The molecular weight excluding hydrogens is 340 g/mol. The number of nitrogens with zero attached hydrogens (tertiary/aromatic N) is 1. The summed E-state index contributed by atoms with van der Waals surface area (Å²) in [5.41, 5.74) is 3.02. The Hall–Kier alpha value is -2.82. The second kappa shape index (κ2) is 8.25. The predicted molar refractivity (Wildman–Crippen MR) is 106 cm³/mol. The summed E-state index contributed by atoms with van der Waals surface area (Å²) in [7, 11) is 1.61. The first kappa shape index (κ1) is 19.0. The van der Waals surface area contributed by atoms with Crippen molar-refractivity contribution in [3.05, 3.63) is 59.7 Å². The zero-order chi connectivity index (χ0) is 19.4. The van der Waals surface area contributed by atoms with E-state index in [1.54, 1.807) is 12.0 Å². The Morgan fingerprint density at radius 3 is 2.48 bits per heavy atom. The average Bonchev–Trinajstić information content (AvgIpc) is 3.10. The average molecular weight is 366 g/mol. The lowest BCUT2D eigenvalue weighted by molar-refractivity contribution is -0.128. The molecule has 1 heterocycles. The standard InChI is InChI=1S/C22H26N2O3/c1-15(2)21(22(26)24-13-12-17-6-4-5-7-19(17)24)23-20(25)14-16-8-10-18(27-3)11-9-16/h4-11,15,21H,12-14H2,1-3H3,(H,23,25)/t21-/m1/s1. The topological polar surface area (TPSA) is 58.6 Å². The van der Waals surface area contributed by atoms with Gasteiger partial charge in [-0.2, -0.15) is 0 Å². The van der Waals surface area contributed by atoms with Crippen LogP contribution in [0.4, 0.5) is 5.69 Å². The molecule has 2 amide bonds. The van der Waals surface area contributed by atoms with Crippen molar-refractivity contribution in [3.8, 4) is 5.75 Å². The van der Waals surface area contributed by atoms with Gasteiger partial charge in [-0.3, -0.25) is 9.59 Å². The number of carbonyl (C=O) groups excluding carboxylic acids is 2. The van der Waals surface area contributed by atoms with E-state index in [0.717, 1.165) is 23.4 Å². The Morgan fingerprint density at radius 1 is 1.11 bits per heavy atom. The Balaban J connectivity index is 1.68. The lowest BCUT2D eigenvalue weighted by Gasteiger charge is -2.27. The number of methoxy groups -OCH3 is 1. The smallest absolute Gasteiger partial charge is 0.249 e. The molecule has 0 bridgehead atoms. The van der Waals surface area contributed by atoms with Gasteiger partial charge in [0.25, 0.3) is 0 Å². The fourth-order valence-electron chi connectivity index (χ4n) is 3.40. The number of rotatable bonds is 6. The molecule has 0 aromatic heterocycles. The summed E-state index contributed by atoms with van der Waals surface area (Å²) in [6, 6.07) is 14.8. The van der Waals surface area contributed by atoms with E-state index in [4.69, 9.17) is 4.74 Å². The first-order valence-electron chi connectivity index (χ1n) is 9.31. The van der Waals surface area contributed by atoms with Crippen molar-refractivity contribution in [1.82, 2.24) is 5.32 Å². The molecule has 0 fully saturated rings. The predicted octanol–water partition coefficient (Wildman–Crippen LogP) is 2.97. The highest BCUT2D eigenvalue weighted by Crippen LogP contribution is 2.28. The molecule has 27 heavy (non-hydrogen) atoms. The number of carbonyl (C=O) groups is 2. The molecule has 2 aromatic carbocycles. The third-order valence-corrected chi connectivity index (χ3v) is 4.93. The van der Waals surface area contributed by atoms with Crippen LogP contribution in [0.2, 0.25) is 0 Å². The summed E-state index contributed by atoms with van der Waals surface area (Å²) in [5, 5.41) is 2.94. The Labute approximate surface area is 160 Å². The van der Waals surface area contributed by atoms with Gasteiger partial charge in [-0.25, -0.2) is 0 Å². The molecule has 1 N–H and O–H groups in total. The van der Waals surface area contributed by atoms with Crippen molar-refractivity contribution >= 4 is 17.5 Å².